The summed E-state index contributed by atoms with van der Waals surface area (Å²) in [5, 5.41) is 11.6. The van der Waals surface area contributed by atoms with Crippen LogP contribution in [-0.4, -0.2) is 21.9 Å². The number of amides is 1. The van der Waals surface area contributed by atoms with E-state index in [0.29, 0.717) is 6.54 Å². The van der Waals surface area contributed by atoms with Crippen molar-refractivity contribution >= 4 is 39.0 Å². The average Bonchev–Trinajstić information content (AvgIpc) is 3.34. The molecule has 1 aromatic carbocycles. The summed E-state index contributed by atoms with van der Waals surface area (Å²) in [6.45, 7) is 0.302. The van der Waals surface area contributed by atoms with E-state index in [4.69, 9.17) is 0 Å². The molecule has 5 nitrogen and oxygen atoms in total. The molecule has 0 saturated heterocycles. The third-order valence-electron chi connectivity index (χ3n) is 4.70. The number of alkyl halides is 3. The van der Waals surface area contributed by atoms with Crippen molar-refractivity contribution in [2.75, 3.05) is 5.32 Å². The number of halogens is 4. The lowest BCUT2D eigenvalue weighted by atomic mass is 9.97. The Labute approximate surface area is 177 Å². The highest BCUT2D eigenvalue weighted by atomic mass is 79.9. The van der Waals surface area contributed by atoms with Crippen molar-refractivity contribution in [1.29, 1.82) is 0 Å². The Morgan fingerprint density at radius 1 is 1.31 bits per heavy atom. The number of nitrogens with one attached hydrogen (secondary N) is 2. The molecule has 10 heteroatoms. The zero-order valence-corrected chi connectivity index (χ0v) is 17.3. The Morgan fingerprint density at radius 2 is 2.07 bits per heavy atom. The molecule has 0 fully saturated rings. The standard InChI is InChI=1S/C19H16BrF3N4OS/c20-12-5-3-11(4-6-12)14-8-16(19(21,22)23)27-17(25-14)9-15(26-27)18(28)24-10-13-2-1-7-29-13/h1-7,9,14,16,25H,8,10H2,(H,24,28)/t14-,16-/m1/s1. The first-order chi connectivity index (χ1) is 13.8. The van der Waals surface area contributed by atoms with Crippen LogP contribution in [0.2, 0.25) is 0 Å². The van der Waals surface area contributed by atoms with Crippen LogP contribution in [0.25, 0.3) is 0 Å². The lowest BCUT2D eigenvalue weighted by Gasteiger charge is -2.33. The lowest BCUT2D eigenvalue weighted by Crippen LogP contribution is -2.35. The van der Waals surface area contributed by atoms with Gasteiger partial charge in [0.25, 0.3) is 5.91 Å². The summed E-state index contributed by atoms with van der Waals surface area (Å²) < 4.78 is 42.9. The molecule has 0 unspecified atom stereocenters. The number of carbonyl (C=O) groups excluding carboxylic acids is 1. The van der Waals surface area contributed by atoms with Gasteiger partial charge >= 0.3 is 6.18 Å². The van der Waals surface area contributed by atoms with Crippen LogP contribution in [-0.2, 0) is 6.54 Å². The molecular formula is C19H16BrF3N4OS. The SMILES string of the molecule is O=C(NCc1cccs1)c1cc2n(n1)[C@@H](C(F)(F)F)C[C@H](c1ccc(Br)cc1)N2. The van der Waals surface area contributed by atoms with Crippen LogP contribution in [0.4, 0.5) is 19.0 Å². The molecule has 0 bridgehead atoms. The smallest absolute Gasteiger partial charge is 0.363 e. The lowest BCUT2D eigenvalue weighted by molar-refractivity contribution is -0.173. The molecule has 4 rings (SSSR count). The van der Waals surface area contributed by atoms with Crippen molar-refractivity contribution in [3.05, 3.63) is 68.5 Å². The van der Waals surface area contributed by atoms with Gasteiger partial charge in [0.15, 0.2) is 11.7 Å². The number of nitrogens with zero attached hydrogens (tertiary/aromatic N) is 2. The molecule has 0 spiro atoms. The number of rotatable bonds is 4. The molecule has 0 radical (unpaired) electrons. The normalized spacial score (nSPS) is 18.8. The van der Waals surface area contributed by atoms with Crippen LogP contribution in [0.1, 0.15) is 39.4 Å². The Morgan fingerprint density at radius 3 is 2.72 bits per heavy atom. The number of hydrogen-bond acceptors (Lipinski definition) is 4. The van der Waals surface area contributed by atoms with Crippen LogP contribution >= 0.6 is 27.3 Å². The summed E-state index contributed by atoms with van der Waals surface area (Å²) in [7, 11) is 0. The van der Waals surface area contributed by atoms with Gasteiger partial charge in [0.05, 0.1) is 12.6 Å². The number of benzene rings is 1. The number of fused-ring (bicyclic) bond motifs is 1. The molecule has 1 amide bonds. The fourth-order valence-electron chi connectivity index (χ4n) is 3.27. The molecule has 3 aromatic rings. The Kier molecular flexibility index (Phi) is 5.39. The molecule has 29 heavy (non-hydrogen) atoms. The summed E-state index contributed by atoms with van der Waals surface area (Å²) >= 11 is 4.81. The van der Waals surface area contributed by atoms with E-state index < -0.39 is 24.2 Å². The van der Waals surface area contributed by atoms with Gasteiger partial charge in [-0.25, -0.2) is 4.68 Å². The maximum atomic E-state index is 13.7. The van der Waals surface area contributed by atoms with Gasteiger partial charge in [-0.2, -0.15) is 18.3 Å². The van der Waals surface area contributed by atoms with Crippen molar-refractivity contribution in [2.24, 2.45) is 0 Å². The predicted octanol–water partition coefficient (Wildman–Crippen LogP) is 5.30. The summed E-state index contributed by atoms with van der Waals surface area (Å²) in [6.07, 6.45) is -4.70. The van der Waals surface area contributed by atoms with E-state index in [-0.39, 0.29) is 17.9 Å². The molecule has 0 aliphatic carbocycles. The monoisotopic (exact) mass is 484 g/mol. The van der Waals surface area contributed by atoms with Crippen LogP contribution in [0.3, 0.4) is 0 Å². The van der Waals surface area contributed by atoms with E-state index in [1.807, 2.05) is 17.5 Å². The molecule has 2 aromatic heterocycles. The summed E-state index contributed by atoms with van der Waals surface area (Å²) in [4.78, 5) is 13.4. The van der Waals surface area contributed by atoms with Gasteiger partial charge in [-0.15, -0.1) is 11.3 Å². The minimum atomic E-state index is -4.48. The Balaban J connectivity index is 1.59. The molecule has 152 valence electrons. The first-order valence-corrected chi connectivity index (χ1v) is 10.5. The minimum Gasteiger partial charge on any atom is -0.363 e. The highest BCUT2D eigenvalue weighted by Crippen LogP contribution is 2.43. The molecule has 3 heterocycles. The molecule has 1 aliphatic heterocycles. The largest absolute Gasteiger partial charge is 0.410 e. The van der Waals surface area contributed by atoms with Gasteiger partial charge < -0.3 is 10.6 Å². The first-order valence-electron chi connectivity index (χ1n) is 8.80. The number of carbonyl (C=O) groups is 1. The van der Waals surface area contributed by atoms with Crippen molar-refractivity contribution in [2.45, 2.75) is 31.2 Å². The second-order valence-corrected chi connectivity index (χ2v) is 8.61. The molecular weight excluding hydrogens is 469 g/mol. The highest BCUT2D eigenvalue weighted by molar-refractivity contribution is 9.10. The van der Waals surface area contributed by atoms with Crippen LogP contribution in [0.15, 0.2) is 52.3 Å². The zero-order chi connectivity index (χ0) is 20.6. The quantitative estimate of drug-likeness (QED) is 0.528. The van der Waals surface area contributed by atoms with Crippen LogP contribution in [0, 0.1) is 0 Å². The molecule has 2 atom stereocenters. The second-order valence-electron chi connectivity index (χ2n) is 6.66. The Bertz CT molecular complexity index is 1000. The van der Waals surface area contributed by atoms with Gasteiger partial charge in [0.1, 0.15) is 5.82 Å². The van der Waals surface area contributed by atoms with E-state index in [9.17, 15) is 18.0 Å². The van der Waals surface area contributed by atoms with Gasteiger partial charge in [0.2, 0.25) is 0 Å². The maximum absolute atomic E-state index is 13.7. The number of anilines is 1. The molecule has 1 aliphatic rings. The second kappa shape index (κ2) is 7.83. The van der Waals surface area contributed by atoms with E-state index in [0.717, 1.165) is 19.6 Å². The number of thiophene rings is 1. The average molecular weight is 485 g/mol. The summed E-state index contributed by atoms with van der Waals surface area (Å²) in [5.74, 6) is -0.337. The van der Waals surface area contributed by atoms with Crippen molar-refractivity contribution in [1.82, 2.24) is 15.1 Å². The van der Waals surface area contributed by atoms with Gasteiger partial charge in [0, 0.05) is 21.8 Å². The minimum absolute atomic E-state index is 0.0465. The van der Waals surface area contributed by atoms with E-state index in [1.165, 1.54) is 17.4 Å². The van der Waals surface area contributed by atoms with E-state index >= 15 is 0 Å². The van der Waals surface area contributed by atoms with Gasteiger partial charge in [-0.1, -0.05) is 34.1 Å². The van der Waals surface area contributed by atoms with E-state index in [1.54, 1.807) is 24.3 Å². The Hall–Kier alpha value is -2.33. The molecule has 0 saturated carbocycles. The summed E-state index contributed by atoms with van der Waals surface area (Å²) in [5.41, 5.74) is 0.688. The molecule has 2 N–H and O–H groups in total. The number of aromatic nitrogens is 2. The zero-order valence-electron chi connectivity index (χ0n) is 14.9. The van der Waals surface area contributed by atoms with Crippen molar-refractivity contribution in [3.63, 3.8) is 0 Å². The van der Waals surface area contributed by atoms with Crippen LogP contribution < -0.4 is 10.6 Å². The highest BCUT2D eigenvalue weighted by Gasteiger charge is 2.46. The fraction of sp³-hybridized carbons (Fsp3) is 0.263. The van der Waals surface area contributed by atoms with E-state index in [2.05, 4.69) is 31.7 Å². The van der Waals surface area contributed by atoms with Gasteiger partial charge in [-0.3, -0.25) is 4.79 Å². The fourth-order valence-corrected chi connectivity index (χ4v) is 4.18. The summed E-state index contributed by atoms with van der Waals surface area (Å²) in [6, 6.07) is 9.87. The van der Waals surface area contributed by atoms with Crippen molar-refractivity contribution in [3.8, 4) is 0 Å². The third-order valence-corrected chi connectivity index (χ3v) is 6.10. The maximum Gasteiger partial charge on any atom is 0.410 e. The van der Waals surface area contributed by atoms with Crippen LogP contribution in [0.5, 0.6) is 0 Å². The van der Waals surface area contributed by atoms with Gasteiger partial charge in [-0.05, 0) is 29.1 Å². The predicted molar refractivity (Wildman–Crippen MR) is 108 cm³/mol. The third kappa shape index (κ3) is 4.32. The number of hydrogen-bond donors (Lipinski definition) is 2. The topological polar surface area (TPSA) is 59.0 Å². The first kappa shape index (κ1) is 20.0. The van der Waals surface area contributed by atoms with Crippen molar-refractivity contribution < 1.29 is 18.0 Å².